The van der Waals surface area contributed by atoms with Gasteiger partial charge in [0.05, 0.1) is 17.8 Å². The molecule has 0 bridgehead atoms. The summed E-state index contributed by atoms with van der Waals surface area (Å²) in [5.41, 5.74) is 0. The van der Waals surface area contributed by atoms with E-state index in [2.05, 4.69) is 5.32 Å². The van der Waals surface area contributed by atoms with Crippen LogP contribution in [0, 0.1) is 17.8 Å². The van der Waals surface area contributed by atoms with Gasteiger partial charge in [-0.25, -0.2) is 0 Å². The smallest absolute Gasteiger partial charge is 0.306 e. The average molecular weight is 754 g/mol. The Morgan fingerprint density at radius 3 is 1.19 bits per heavy atom. The van der Waals surface area contributed by atoms with E-state index in [1.165, 1.54) is 70.6 Å². The second-order valence-corrected chi connectivity index (χ2v) is 15.0. The first-order valence-corrected chi connectivity index (χ1v) is 20.5. The minimum Gasteiger partial charge on any atom is -0.481 e. The molecular formula is C41H71NO11. The molecule has 53 heavy (non-hydrogen) atoms. The molecule has 306 valence electrons. The van der Waals surface area contributed by atoms with Gasteiger partial charge in [-0.15, -0.1) is 0 Å². The van der Waals surface area contributed by atoms with E-state index in [0.29, 0.717) is 38.6 Å². The van der Waals surface area contributed by atoms with Crippen molar-refractivity contribution in [3.8, 4) is 0 Å². The Balaban J connectivity index is 3.95. The highest BCUT2D eigenvalue weighted by atomic mass is 16.4. The quantitative estimate of drug-likeness (QED) is 0.0374. The maximum Gasteiger partial charge on any atom is 0.306 e. The standard InChI is InChI=1S/C41H71NO11/c1-32(39(48)49)22-20-21-29-42-37(45)28-26-34(41(52)53)31-36(44)27-25-33(40(50)51)30-35(43)23-18-16-14-12-10-8-6-4-2-3-5-7-9-11-13-15-17-19-24-38(46)47/h32-34H,2-31H2,1H3,(H,42,45)(H,46,47)(H,48,49)(H,50,51)(H,52,53)/t32-,33+,34+/m0/s1. The van der Waals surface area contributed by atoms with Crippen molar-refractivity contribution in [2.75, 3.05) is 6.54 Å². The zero-order chi connectivity index (χ0) is 39.7. The summed E-state index contributed by atoms with van der Waals surface area (Å²) in [7, 11) is 0. The summed E-state index contributed by atoms with van der Waals surface area (Å²) in [6.07, 6.45) is 22.2. The van der Waals surface area contributed by atoms with Crippen LogP contribution in [0.5, 0.6) is 0 Å². The van der Waals surface area contributed by atoms with Crippen LogP contribution in [0.1, 0.15) is 193 Å². The molecule has 0 aliphatic rings. The molecule has 0 aliphatic heterocycles. The van der Waals surface area contributed by atoms with Gasteiger partial charge in [0.15, 0.2) is 0 Å². The zero-order valence-electron chi connectivity index (χ0n) is 32.6. The number of carbonyl (C=O) groups excluding carboxylic acids is 3. The molecule has 1 amide bonds. The van der Waals surface area contributed by atoms with Crippen LogP contribution in [-0.2, 0) is 33.6 Å². The second kappa shape index (κ2) is 33.3. The van der Waals surface area contributed by atoms with Gasteiger partial charge in [-0.1, -0.05) is 116 Å². The minimum absolute atomic E-state index is 0.0346. The van der Waals surface area contributed by atoms with E-state index < -0.39 is 47.4 Å². The third-order valence-corrected chi connectivity index (χ3v) is 10.0. The molecule has 5 N–H and O–H groups in total. The van der Waals surface area contributed by atoms with Gasteiger partial charge in [0.25, 0.3) is 0 Å². The van der Waals surface area contributed by atoms with Gasteiger partial charge in [0.2, 0.25) is 5.91 Å². The normalized spacial score (nSPS) is 12.8. The average Bonchev–Trinajstić information content (AvgIpc) is 3.10. The predicted molar refractivity (Wildman–Crippen MR) is 204 cm³/mol. The number of hydrogen-bond donors (Lipinski definition) is 5. The lowest BCUT2D eigenvalue weighted by molar-refractivity contribution is -0.145. The zero-order valence-corrected chi connectivity index (χ0v) is 32.6. The number of Topliss-reactive ketones (excluding diaryl/α,β-unsaturated/α-hetero) is 2. The monoisotopic (exact) mass is 754 g/mol. The molecule has 0 aromatic rings. The number of carboxylic acid groups (broad SMARTS) is 4. The third-order valence-electron chi connectivity index (χ3n) is 10.0. The van der Waals surface area contributed by atoms with Gasteiger partial charge in [-0.05, 0) is 38.5 Å². The van der Waals surface area contributed by atoms with E-state index >= 15 is 0 Å². The molecule has 3 atom stereocenters. The number of nitrogens with one attached hydrogen (secondary N) is 1. The molecule has 0 spiro atoms. The molecule has 0 aromatic heterocycles. The van der Waals surface area contributed by atoms with Gasteiger partial charge < -0.3 is 25.7 Å². The van der Waals surface area contributed by atoms with E-state index in [4.69, 9.17) is 10.2 Å². The van der Waals surface area contributed by atoms with Crippen LogP contribution in [0.15, 0.2) is 0 Å². The number of rotatable bonds is 39. The minimum atomic E-state index is -1.20. The van der Waals surface area contributed by atoms with Crippen LogP contribution in [0.3, 0.4) is 0 Å². The fourth-order valence-electron chi connectivity index (χ4n) is 6.46. The van der Waals surface area contributed by atoms with Crippen LogP contribution in [0.4, 0.5) is 0 Å². The molecular weight excluding hydrogens is 682 g/mol. The number of carboxylic acids is 4. The highest BCUT2D eigenvalue weighted by Gasteiger charge is 2.25. The van der Waals surface area contributed by atoms with E-state index in [1.54, 1.807) is 6.92 Å². The van der Waals surface area contributed by atoms with Crippen molar-refractivity contribution < 1.29 is 54.0 Å². The number of hydrogen-bond acceptors (Lipinski definition) is 7. The van der Waals surface area contributed by atoms with E-state index in [0.717, 1.165) is 38.5 Å². The van der Waals surface area contributed by atoms with Crippen molar-refractivity contribution in [1.29, 1.82) is 0 Å². The van der Waals surface area contributed by atoms with Crippen LogP contribution >= 0.6 is 0 Å². The molecule has 0 saturated carbocycles. The topological polar surface area (TPSA) is 212 Å². The van der Waals surface area contributed by atoms with Crippen LogP contribution in [-0.4, -0.2) is 68.3 Å². The Hall–Kier alpha value is -3.31. The molecule has 0 radical (unpaired) electrons. The molecule has 0 unspecified atom stereocenters. The maximum absolute atomic E-state index is 12.5. The van der Waals surface area contributed by atoms with Crippen molar-refractivity contribution >= 4 is 41.4 Å². The molecule has 0 rings (SSSR count). The highest BCUT2D eigenvalue weighted by molar-refractivity contribution is 5.86. The Morgan fingerprint density at radius 1 is 0.415 bits per heavy atom. The van der Waals surface area contributed by atoms with E-state index in [1.807, 2.05) is 0 Å². The molecule has 0 aromatic carbocycles. The Kier molecular flexibility index (Phi) is 31.2. The van der Waals surface area contributed by atoms with Gasteiger partial charge in [0.1, 0.15) is 11.6 Å². The summed E-state index contributed by atoms with van der Waals surface area (Å²) in [5.74, 6) is -7.32. The number of unbranched alkanes of at least 4 members (excludes halogenated alkanes) is 18. The lowest BCUT2D eigenvalue weighted by Crippen LogP contribution is -2.27. The maximum atomic E-state index is 12.5. The first-order chi connectivity index (χ1) is 25.3. The molecule has 0 heterocycles. The number of aliphatic carboxylic acids is 4. The summed E-state index contributed by atoms with van der Waals surface area (Å²) in [6.45, 7) is 1.97. The van der Waals surface area contributed by atoms with Crippen LogP contribution < -0.4 is 5.32 Å². The lowest BCUT2D eigenvalue weighted by Gasteiger charge is -2.14. The van der Waals surface area contributed by atoms with Gasteiger partial charge in [-0.2, -0.15) is 0 Å². The SMILES string of the molecule is C[C@@H](CCCCNC(=O)CC[C@H](CC(=O)CC[C@H](CC(=O)CCCCCCCCCCCCCCCCCCCCC(=O)O)C(=O)O)C(=O)O)C(=O)O. The summed E-state index contributed by atoms with van der Waals surface area (Å²) in [6, 6.07) is 0. The first kappa shape index (κ1) is 49.7. The van der Waals surface area contributed by atoms with Gasteiger partial charge >= 0.3 is 23.9 Å². The number of amides is 1. The predicted octanol–water partition coefficient (Wildman–Crippen LogP) is 8.76. The summed E-state index contributed by atoms with van der Waals surface area (Å²) < 4.78 is 0. The number of ketones is 2. The van der Waals surface area contributed by atoms with Crippen molar-refractivity contribution in [2.45, 2.75) is 193 Å². The second-order valence-electron chi connectivity index (χ2n) is 15.0. The largest absolute Gasteiger partial charge is 0.481 e. The summed E-state index contributed by atoms with van der Waals surface area (Å²) >= 11 is 0. The van der Waals surface area contributed by atoms with Crippen molar-refractivity contribution in [2.24, 2.45) is 17.8 Å². The molecule has 0 saturated heterocycles. The van der Waals surface area contributed by atoms with Crippen molar-refractivity contribution in [3.63, 3.8) is 0 Å². The van der Waals surface area contributed by atoms with Crippen molar-refractivity contribution in [1.82, 2.24) is 5.32 Å². The van der Waals surface area contributed by atoms with Gasteiger partial charge in [0, 0.05) is 45.1 Å². The lowest BCUT2D eigenvalue weighted by atomic mass is 9.90. The summed E-state index contributed by atoms with van der Waals surface area (Å²) in [5, 5.41) is 39.4. The molecule has 0 aliphatic carbocycles. The fraction of sp³-hybridized carbons (Fsp3) is 0.829. The fourth-order valence-corrected chi connectivity index (χ4v) is 6.46. The Bertz CT molecular complexity index is 1060. The van der Waals surface area contributed by atoms with E-state index in [-0.39, 0.29) is 56.6 Å². The van der Waals surface area contributed by atoms with Gasteiger partial charge in [-0.3, -0.25) is 33.6 Å². The number of carbonyl (C=O) groups is 7. The first-order valence-electron chi connectivity index (χ1n) is 20.5. The Labute approximate surface area is 317 Å². The van der Waals surface area contributed by atoms with Crippen LogP contribution in [0.25, 0.3) is 0 Å². The highest BCUT2D eigenvalue weighted by Crippen LogP contribution is 2.20. The van der Waals surface area contributed by atoms with Crippen molar-refractivity contribution in [3.05, 3.63) is 0 Å². The third kappa shape index (κ3) is 31.9. The van der Waals surface area contributed by atoms with Crippen LogP contribution in [0.2, 0.25) is 0 Å². The Morgan fingerprint density at radius 2 is 0.792 bits per heavy atom. The molecule has 12 heteroatoms. The summed E-state index contributed by atoms with van der Waals surface area (Å²) in [4.78, 5) is 82.0. The van der Waals surface area contributed by atoms with E-state index in [9.17, 15) is 43.8 Å². The molecule has 12 nitrogen and oxygen atoms in total. The molecule has 0 fully saturated rings.